The fourth-order valence-electron chi connectivity index (χ4n) is 1.98. The number of para-hydroxylation sites is 1. The molecule has 0 spiro atoms. The van der Waals surface area contributed by atoms with Gasteiger partial charge in [0.1, 0.15) is 5.01 Å². The molecule has 0 radical (unpaired) electrons. The van der Waals surface area contributed by atoms with Crippen LogP contribution in [0, 0.1) is 6.92 Å². The summed E-state index contributed by atoms with van der Waals surface area (Å²) in [5.74, 6) is 0. The lowest BCUT2D eigenvalue weighted by molar-refractivity contribution is 0.561. The summed E-state index contributed by atoms with van der Waals surface area (Å²) in [7, 11) is 0. The van der Waals surface area contributed by atoms with Gasteiger partial charge in [-0.1, -0.05) is 18.2 Å². The van der Waals surface area contributed by atoms with Crippen LogP contribution in [-0.2, 0) is 6.54 Å². The number of rotatable bonds is 5. The van der Waals surface area contributed by atoms with E-state index in [4.69, 9.17) is 0 Å². The topological polar surface area (TPSA) is 55.6 Å². The van der Waals surface area contributed by atoms with E-state index in [0.29, 0.717) is 6.54 Å². The molecule has 2 aromatic heterocycles. The Morgan fingerprint density at radius 2 is 2.10 bits per heavy atom. The summed E-state index contributed by atoms with van der Waals surface area (Å²) in [6.45, 7) is 4.80. The molecule has 0 aliphatic heterocycles. The van der Waals surface area contributed by atoms with E-state index in [9.17, 15) is 0 Å². The second kappa shape index (κ2) is 6.15. The molecule has 6 heteroatoms. The van der Waals surface area contributed by atoms with E-state index in [0.717, 1.165) is 22.1 Å². The van der Waals surface area contributed by atoms with E-state index in [2.05, 4.69) is 32.8 Å². The number of aromatic nitrogens is 4. The summed E-state index contributed by atoms with van der Waals surface area (Å²) in [5.41, 5.74) is 2.95. The summed E-state index contributed by atoms with van der Waals surface area (Å²) >= 11 is 1.68. The molecule has 0 aliphatic carbocycles. The highest BCUT2D eigenvalue weighted by Crippen LogP contribution is 2.17. The number of benzene rings is 1. The molecular formula is C15H17N5S. The van der Waals surface area contributed by atoms with Crippen molar-refractivity contribution in [2.45, 2.75) is 26.4 Å². The van der Waals surface area contributed by atoms with Crippen molar-refractivity contribution in [2.75, 3.05) is 0 Å². The van der Waals surface area contributed by atoms with Crippen molar-refractivity contribution >= 4 is 11.3 Å². The van der Waals surface area contributed by atoms with Crippen molar-refractivity contribution in [3.05, 3.63) is 58.3 Å². The summed E-state index contributed by atoms with van der Waals surface area (Å²) in [6, 6.07) is 10.1. The number of nitrogens with one attached hydrogen (secondary N) is 1. The maximum absolute atomic E-state index is 4.49. The minimum absolute atomic E-state index is 0.213. The van der Waals surface area contributed by atoms with Crippen molar-refractivity contribution in [1.82, 2.24) is 25.3 Å². The zero-order valence-electron chi connectivity index (χ0n) is 12.0. The Morgan fingerprint density at radius 3 is 2.81 bits per heavy atom. The molecule has 3 aromatic rings. The molecule has 0 aliphatic rings. The Kier molecular flexibility index (Phi) is 4.08. The van der Waals surface area contributed by atoms with Crippen LogP contribution in [0.2, 0.25) is 0 Å². The molecule has 3 rings (SSSR count). The lowest BCUT2D eigenvalue weighted by Gasteiger charge is -2.09. The van der Waals surface area contributed by atoms with Crippen LogP contribution in [0.4, 0.5) is 0 Å². The summed E-state index contributed by atoms with van der Waals surface area (Å²) in [4.78, 5) is 6.14. The average molecular weight is 299 g/mol. The summed E-state index contributed by atoms with van der Waals surface area (Å²) in [6.07, 6.45) is 1.79. The van der Waals surface area contributed by atoms with Gasteiger partial charge >= 0.3 is 0 Å². The lowest BCUT2D eigenvalue weighted by atomic mass is 10.3. The van der Waals surface area contributed by atoms with Crippen LogP contribution in [0.3, 0.4) is 0 Å². The van der Waals surface area contributed by atoms with Gasteiger partial charge in [0, 0.05) is 17.6 Å². The van der Waals surface area contributed by atoms with Crippen LogP contribution in [0.5, 0.6) is 0 Å². The number of thiazole rings is 1. The zero-order chi connectivity index (χ0) is 14.7. The van der Waals surface area contributed by atoms with Crippen LogP contribution in [0.25, 0.3) is 5.69 Å². The van der Waals surface area contributed by atoms with Gasteiger partial charge in [0.2, 0.25) is 0 Å². The SMILES string of the molecule is Cc1csc(C(C)NCc2cnn(-c3ccccc3)n2)n1. The van der Waals surface area contributed by atoms with E-state index in [1.54, 1.807) is 22.3 Å². The van der Waals surface area contributed by atoms with Gasteiger partial charge in [0.15, 0.2) is 0 Å². The fraction of sp³-hybridized carbons (Fsp3) is 0.267. The Morgan fingerprint density at radius 1 is 1.29 bits per heavy atom. The molecule has 0 fully saturated rings. The molecule has 1 aromatic carbocycles. The first-order valence-electron chi connectivity index (χ1n) is 6.84. The second-order valence-corrected chi connectivity index (χ2v) is 5.78. The quantitative estimate of drug-likeness (QED) is 0.787. The van der Waals surface area contributed by atoms with Crippen molar-refractivity contribution in [2.24, 2.45) is 0 Å². The number of hydrogen-bond acceptors (Lipinski definition) is 5. The number of nitrogens with zero attached hydrogens (tertiary/aromatic N) is 4. The molecule has 2 heterocycles. The van der Waals surface area contributed by atoms with Gasteiger partial charge in [-0.25, -0.2) is 4.98 Å². The first-order valence-corrected chi connectivity index (χ1v) is 7.72. The van der Waals surface area contributed by atoms with Crippen LogP contribution in [0.15, 0.2) is 41.9 Å². The number of hydrogen-bond donors (Lipinski definition) is 1. The minimum Gasteiger partial charge on any atom is -0.302 e. The Labute approximate surface area is 127 Å². The third-order valence-corrected chi connectivity index (χ3v) is 4.27. The fourth-order valence-corrected chi connectivity index (χ4v) is 2.81. The lowest BCUT2D eigenvalue weighted by Crippen LogP contribution is -2.18. The Hall–Kier alpha value is -2.05. The zero-order valence-corrected chi connectivity index (χ0v) is 12.8. The van der Waals surface area contributed by atoms with E-state index in [1.165, 1.54) is 0 Å². The molecule has 108 valence electrons. The molecular weight excluding hydrogens is 282 g/mol. The largest absolute Gasteiger partial charge is 0.302 e. The van der Waals surface area contributed by atoms with Crippen LogP contribution < -0.4 is 5.32 Å². The van der Waals surface area contributed by atoms with Crippen molar-refractivity contribution in [1.29, 1.82) is 0 Å². The highest BCUT2D eigenvalue weighted by atomic mass is 32.1. The van der Waals surface area contributed by atoms with Gasteiger partial charge in [-0.2, -0.15) is 15.0 Å². The number of aryl methyl sites for hydroxylation is 1. The summed E-state index contributed by atoms with van der Waals surface area (Å²) < 4.78 is 0. The molecule has 21 heavy (non-hydrogen) atoms. The minimum atomic E-state index is 0.213. The maximum atomic E-state index is 4.49. The molecule has 0 saturated carbocycles. The molecule has 5 nitrogen and oxygen atoms in total. The van der Waals surface area contributed by atoms with Gasteiger partial charge in [0.25, 0.3) is 0 Å². The normalized spacial score (nSPS) is 12.5. The standard InChI is InChI=1S/C15H17N5S/c1-11-10-21-15(18-11)12(2)16-8-13-9-17-20(19-13)14-6-4-3-5-7-14/h3-7,9-10,12,16H,8H2,1-2H3. The third kappa shape index (κ3) is 3.34. The van der Waals surface area contributed by atoms with Crippen LogP contribution in [-0.4, -0.2) is 20.0 Å². The Bertz CT molecular complexity index is 704. The second-order valence-electron chi connectivity index (χ2n) is 4.89. The van der Waals surface area contributed by atoms with E-state index in [1.807, 2.05) is 37.3 Å². The molecule has 0 bridgehead atoms. The third-order valence-electron chi connectivity index (χ3n) is 3.12. The van der Waals surface area contributed by atoms with Gasteiger partial charge in [-0.05, 0) is 26.0 Å². The van der Waals surface area contributed by atoms with Crippen molar-refractivity contribution in [3.8, 4) is 5.69 Å². The first kappa shape index (κ1) is 13.9. The van der Waals surface area contributed by atoms with Gasteiger partial charge < -0.3 is 5.32 Å². The Balaban J connectivity index is 1.63. The first-order chi connectivity index (χ1) is 10.2. The highest BCUT2D eigenvalue weighted by molar-refractivity contribution is 7.09. The van der Waals surface area contributed by atoms with Gasteiger partial charge in [0.05, 0.1) is 23.6 Å². The van der Waals surface area contributed by atoms with Gasteiger partial charge in [-0.15, -0.1) is 11.3 Å². The predicted octanol–water partition coefficient (Wildman–Crippen LogP) is 2.88. The average Bonchev–Trinajstić information content (AvgIpc) is 3.15. The monoisotopic (exact) mass is 299 g/mol. The van der Waals surface area contributed by atoms with Crippen LogP contribution >= 0.6 is 11.3 Å². The van der Waals surface area contributed by atoms with Crippen molar-refractivity contribution < 1.29 is 0 Å². The molecule has 0 amide bonds. The van der Waals surface area contributed by atoms with E-state index < -0.39 is 0 Å². The smallest absolute Gasteiger partial charge is 0.110 e. The maximum Gasteiger partial charge on any atom is 0.110 e. The van der Waals surface area contributed by atoms with E-state index >= 15 is 0 Å². The van der Waals surface area contributed by atoms with Gasteiger partial charge in [-0.3, -0.25) is 0 Å². The highest BCUT2D eigenvalue weighted by Gasteiger charge is 2.10. The van der Waals surface area contributed by atoms with E-state index in [-0.39, 0.29) is 6.04 Å². The molecule has 1 atom stereocenters. The molecule has 1 N–H and O–H groups in total. The van der Waals surface area contributed by atoms with Crippen molar-refractivity contribution in [3.63, 3.8) is 0 Å². The summed E-state index contributed by atoms with van der Waals surface area (Å²) in [5, 5.41) is 15.4. The predicted molar refractivity (Wildman–Crippen MR) is 83.5 cm³/mol. The molecule has 1 unspecified atom stereocenters. The van der Waals surface area contributed by atoms with Crippen LogP contribution in [0.1, 0.15) is 29.4 Å². The molecule has 0 saturated heterocycles.